The van der Waals surface area contributed by atoms with E-state index >= 15 is 0 Å². The summed E-state index contributed by atoms with van der Waals surface area (Å²) in [6, 6.07) is 7.40. The molecular weight excluding hydrogens is 280 g/mol. The monoisotopic (exact) mass is 294 g/mol. The molecule has 20 heavy (non-hydrogen) atoms. The van der Waals surface area contributed by atoms with Gasteiger partial charge in [0.2, 0.25) is 0 Å². The number of rotatable bonds is 7. The van der Waals surface area contributed by atoms with Crippen molar-refractivity contribution >= 4 is 17.6 Å². The normalized spacial score (nSPS) is 10.7. The first-order chi connectivity index (χ1) is 9.68. The molecule has 106 valence electrons. The molecule has 0 amide bonds. The first-order valence-corrected chi connectivity index (χ1v) is 6.79. The van der Waals surface area contributed by atoms with Crippen LogP contribution in [0.1, 0.15) is 25.7 Å². The van der Waals surface area contributed by atoms with Crippen LogP contribution in [0.15, 0.2) is 24.3 Å². The molecule has 1 N–H and O–H groups in total. The summed E-state index contributed by atoms with van der Waals surface area (Å²) in [7, 11) is 0. The predicted molar refractivity (Wildman–Crippen MR) is 74.4 cm³/mol. The Labute approximate surface area is 121 Å². The van der Waals surface area contributed by atoms with Crippen LogP contribution < -0.4 is 0 Å². The lowest BCUT2D eigenvalue weighted by atomic mass is 10.2. The van der Waals surface area contributed by atoms with Crippen molar-refractivity contribution in [2.75, 3.05) is 0 Å². The molecule has 0 spiro atoms. The highest BCUT2D eigenvalue weighted by molar-refractivity contribution is 6.33. The van der Waals surface area contributed by atoms with Gasteiger partial charge in [-0.15, -0.1) is 5.10 Å². The highest BCUT2D eigenvalue weighted by atomic mass is 35.5. The van der Waals surface area contributed by atoms with Crippen molar-refractivity contribution < 1.29 is 9.90 Å². The Morgan fingerprint density at radius 2 is 2.05 bits per heavy atom. The zero-order chi connectivity index (χ0) is 14.4. The van der Waals surface area contributed by atoms with E-state index in [1.54, 1.807) is 10.7 Å². The van der Waals surface area contributed by atoms with Gasteiger partial charge < -0.3 is 5.11 Å². The van der Waals surface area contributed by atoms with E-state index in [0.29, 0.717) is 23.8 Å². The fourth-order valence-electron chi connectivity index (χ4n) is 1.91. The third-order valence-corrected chi connectivity index (χ3v) is 3.24. The zero-order valence-electron chi connectivity index (χ0n) is 10.9. The Hall–Kier alpha value is -1.95. The first kappa shape index (κ1) is 14.5. The summed E-state index contributed by atoms with van der Waals surface area (Å²) >= 11 is 6.13. The largest absolute Gasteiger partial charge is 0.481 e. The minimum absolute atomic E-state index is 0.201. The van der Waals surface area contributed by atoms with Gasteiger partial charge in [0.15, 0.2) is 5.82 Å². The number of carboxylic acids is 1. The molecule has 0 bridgehead atoms. The highest BCUT2D eigenvalue weighted by Gasteiger charge is 2.11. The second-order valence-corrected chi connectivity index (χ2v) is 4.82. The number of hydrogen-bond acceptors (Lipinski definition) is 4. The number of carboxylic acid groups (broad SMARTS) is 1. The number of halogens is 1. The van der Waals surface area contributed by atoms with E-state index < -0.39 is 5.97 Å². The third-order valence-electron chi connectivity index (χ3n) is 2.91. The Morgan fingerprint density at radius 3 is 2.80 bits per heavy atom. The fourth-order valence-corrected chi connectivity index (χ4v) is 2.13. The third kappa shape index (κ3) is 3.77. The van der Waals surface area contributed by atoms with Crippen LogP contribution in [0.3, 0.4) is 0 Å². The van der Waals surface area contributed by atoms with Gasteiger partial charge >= 0.3 is 5.97 Å². The average molecular weight is 295 g/mol. The van der Waals surface area contributed by atoms with Crippen molar-refractivity contribution in [1.29, 1.82) is 0 Å². The molecule has 6 nitrogen and oxygen atoms in total. The van der Waals surface area contributed by atoms with Gasteiger partial charge in [0.1, 0.15) is 0 Å². The summed E-state index contributed by atoms with van der Waals surface area (Å²) in [5.74, 6) is -0.127. The molecule has 1 aromatic carbocycles. The standard InChI is InChI=1S/C13H15ClN4O2/c14-11-7-4-3-6-10(11)13-15-16-17-18(13)9-5-1-2-8-12(19)20/h3-4,6-7H,1-2,5,8-9H2,(H,19,20). The summed E-state index contributed by atoms with van der Waals surface area (Å²) in [6.07, 6.45) is 2.52. The Bertz CT molecular complexity index is 585. The van der Waals surface area contributed by atoms with Crippen molar-refractivity contribution in [3.05, 3.63) is 29.3 Å². The molecule has 0 unspecified atom stereocenters. The zero-order valence-corrected chi connectivity index (χ0v) is 11.6. The molecule has 0 atom stereocenters. The molecule has 0 fully saturated rings. The van der Waals surface area contributed by atoms with E-state index in [0.717, 1.165) is 18.4 Å². The van der Waals surface area contributed by atoms with E-state index in [4.69, 9.17) is 16.7 Å². The SMILES string of the molecule is O=C(O)CCCCCn1nnnc1-c1ccccc1Cl. The van der Waals surface area contributed by atoms with E-state index in [-0.39, 0.29) is 6.42 Å². The van der Waals surface area contributed by atoms with Crippen LogP contribution in [-0.4, -0.2) is 31.3 Å². The van der Waals surface area contributed by atoms with Gasteiger partial charge in [0.05, 0.1) is 5.02 Å². The minimum Gasteiger partial charge on any atom is -0.481 e. The lowest BCUT2D eigenvalue weighted by molar-refractivity contribution is -0.137. The number of carbonyl (C=O) groups is 1. The van der Waals surface area contributed by atoms with Crippen LogP contribution in [0.4, 0.5) is 0 Å². The van der Waals surface area contributed by atoms with Crippen LogP contribution in [0.2, 0.25) is 5.02 Å². The number of unbranched alkanes of at least 4 members (excludes halogenated alkanes) is 2. The van der Waals surface area contributed by atoms with Crippen LogP contribution >= 0.6 is 11.6 Å². The quantitative estimate of drug-likeness (QED) is 0.794. The van der Waals surface area contributed by atoms with Crippen molar-refractivity contribution in [2.45, 2.75) is 32.2 Å². The topological polar surface area (TPSA) is 80.9 Å². The van der Waals surface area contributed by atoms with E-state index in [9.17, 15) is 4.79 Å². The molecule has 1 aromatic heterocycles. The summed E-state index contributed by atoms with van der Waals surface area (Å²) in [4.78, 5) is 10.4. The van der Waals surface area contributed by atoms with Gasteiger partial charge in [0.25, 0.3) is 0 Å². The van der Waals surface area contributed by atoms with Gasteiger partial charge in [-0.1, -0.05) is 30.2 Å². The molecule has 0 aliphatic carbocycles. The molecule has 0 radical (unpaired) electrons. The molecule has 1 heterocycles. The maximum atomic E-state index is 10.4. The van der Waals surface area contributed by atoms with E-state index in [1.165, 1.54) is 0 Å². The summed E-state index contributed by atoms with van der Waals surface area (Å²) in [6.45, 7) is 0.646. The van der Waals surface area contributed by atoms with Crippen molar-refractivity contribution in [2.24, 2.45) is 0 Å². The molecule has 2 aromatic rings. The number of benzene rings is 1. The number of hydrogen-bond donors (Lipinski definition) is 1. The second kappa shape index (κ2) is 7.00. The van der Waals surface area contributed by atoms with Gasteiger partial charge in [0, 0.05) is 18.5 Å². The second-order valence-electron chi connectivity index (χ2n) is 4.41. The fraction of sp³-hybridized carbons (Fsp3) is 0.385. The molecule has 0 saturated heterocycles. The number of aromatic nitrogens is 4. The van der Waals surface area contributed by atoms with Gasteiger partial charge in [-0.25, -0.2) is 4.68 Å². The summed E-state index contributed by atoms with van der Waals surface area (Å²) < 4.78 is 1.70. The summed E-state index contributed by atoms with van der Waals surface area (Å²) in [5, 5.41) is 20.8. The highest BCUT2D eigenvalue weighted by Crippen LogP contribution is 2.25. The maximum absolute atomic E-state index is 10.4. The Kier molecular flexibility index (Phi) is 5.06. The number of aliphatic carboxylic acids is 1. The van der Waals surface area contributed by atoms with Gasteiger partial charge in [-0.05, 0) is 35.4 Å². The van der Waals surface area contributed by atoms with Crippen molar-refractivity contribution in [1.82, 2.24) is 20.2 Å². The Balaban J connectivity index is 1.96. The molecule has 0 aliphatic rings. The lowest BCUT2D eigenvalue weighted by Gasteiger charge is -2.05. The first-order valence-electron chi connectivity index (χ1n) is 6.41. The average Bonchev–Trinajstić information content (AvgIpc) is 2.87. The summed E-state index contributed by atoms with van der Waals surface area (Å²) in [5.41, 5.74) is 0.796. The van der Waals surface area contributed by atoms with Crippen molar-refractivity contribution in [3.63, 3.8) is 0 Å². The van der Waals surface area contributed by atoms with Gasteiger partial charge in [-0.3, -0.25) is 4.79 Å². The smallest absolute Gasteiger partial charge is 0.303 e. The predicted octanol–water partition coefficient (Wildman–Crippen LogP) is 2.64. The molecule has 7 heteroatoms. The van der Waals surface area contributed by atoms with Crippen LogP contribution in [0.5, 0.6) is 0 Å². The minimum atomic E-state index is -0.760. The van der Waals surface area contributed by atoms with E-state index in [2.05, 4.69) is 15.5 Å². The molecular formula is C13H15ClN4O2. The molecule has 2 rings (SSSR count). The van der Waals surface area contributed by atoms with Gasteiger partial charge in [-0.2, -0.15) is 0 Å². The van der Waals surface area contributed by atoms with Crippen molar-refractivity contribution in [3.8, 4) is 11.4 Å². The number of nitrogens with zero attached hydrogens (tertiary/aromatic N) is 4. The van der Waals surface area contributed by atoms with Crippen LogP contribution in [0.25, 0.3) is 11.4 Å². The van der Waals surface area contributed by atoms with Crippen LogP contribution in [0, 0.1) is 0 Å². The molecule has 0 saturated carbocycles. The van der Waals surface area contributed by atoms with Crippen LogP contribution in [-0.2, 0) is 11.3 Å². The number of tetrazole rings is 1. The lowest BCUT2D eigenvalue weighted by Crippen LogP contribution is -2.04. The number of aryl methyl sites for hydroxylation is 1. The maximum Gasteiger partial charge on any atom is 0.303 e. The van der Waals surface area contributed by atoms with E-state index in [1.807, 2.05) is 18.2 Å². The Morgan fingerprint density at radius 1 is 1.25 bits per heavy atom. The molecule has 0 aliphatic heterocycles.